The lowest BCUT2D eigenvalue weighted by atomic mass is 9.81. The van der Waals surface area contributed by atoms with Crippen LogP contribution < -0.4 is 5.32 Å². The number of nitrogens with one attached hydrogen (secondary N) is 1. The summed E-state index contributed by atoms with van der Waals surface area (Å²) in [5.41, 5.74) is 2.66. The number of ketones is 1. The first kappa shape index (κ1) is 25.1. The second kappa shape index (κ2) is 10.4. The molecule has 37 heavy (non-hydrogen) atoms. The van der Waals surface area contributed by atoms with Crippen molar-refractivity contribution in [2.45, 2.75) is 31.9 Å². The van der Waals surface area contributed by atoms with E-state index in [0.717, 1.165) is 31.5 Å². The van der Waals surface area contributed by atoms with E-state index < -0.39 is 23.8 Å². The van der Waals surface area contributed by atoms with Gasteiger partial charge in [-0.25, -0.2) is 13.6 Å². The predicted octanol–water partition coefficient (Wildman–Crippen LogP) is 5.58. The lowest BCUT2D eigenvalue weighted by Crippen LogP contribution is -2.68. The normalized spacial score (nSPS) is 22.6. The predicted molar refractivity (Wildman–Crippen MR) is 136 cm³/mol. The van der Waals surface area contributed by atoms with Crippen LogP contribution in [0.5, 0.6) is 0 Å². The van der Waals surface area contributed by atoms with Gasteiger partial charge in [-0.05, 0) is 48.2 Å². The first-order valence-corrected chi connectivity index (χ1v) is 12.7. The molecule has 1 amide bonds. The number of amides is 1. The van der Waals surface area contributed by atoms with Gasteiger partial charge in [-0.3, -0.25) is 4.79 Å². The van der Waals surface area contributed by atoms with Gasteiger partial charge in [0.25, 0.3) is 0 Å². The lowest BCUT2D eigenvalue weighted by Gasteiger charge is -2.52. The highest BCUT2D eigenvalue weighted by atomic mass is 19.1. The number of ether oxygens (including phenoxy) is 1. The maximum absolute atomic E-state index is 14.0. The van der Waals surface area contributed by atoms with Crippen molar-refractivity contribution in [2.75, 3.05) is 26.2 Å². The summed E-state index contributed by atoms with van der Waals surface area (Å²) >= 11 is 0. The van der Waals surface area contributed by atoms with Crippen LogP contribution in [0.1, 0.15) is 46.0 Å². The van der Waals surface area contributed by atoms with Crippen molar-refractivity contribution in [1.82, 2.24) is 5.32 Å². The smallest absolute Gasteiger partial charge is 0.408 e. The van der Waals surface area contributed by atoms with Crippen molar-refractivity contribution in [3.05, 3.63) is 107 Å². The van der Waals surface area contributed by atoms with Gasteiger partial charge in [-0.1, -0.05) is 54.1 Å². The molecular formula is C30H31F2N2O3+. The highest BCUT2D eigenvalue weighted by molar-refractivity contribution is 5.97. The topological polar surface area (TPSA) is 55.4 Å². The molecule has 2 bridgehead atoms. The van der Waals surface area contributed by atoms with Crippen molar-refractivity contribution in [1.29, 1.82) is 0 Å². The van der Waals surface area contributed by atoms with Crippen molar-refractivity contribution in [3.8, 4) is 0 Å². The molecule has 0 spiro atoms. The molecule has 3 aliphatic rings. The van der Waals surface area contributed by atoms with E-state index in [1.54, 1.807) is 12.1 Å². The molecule has 1 atom stereocenters. The maximum atomic E-state index is 14.0. The Labute approximate surface area is 215 Å². The number of hydrogen-bond donors (Lipinski definition) is 1. The van der Waals surface area contributed by atoms with Crippen LogP contribution >= 0.6 is 0 Å². The summed E-state index contributed by atoms with van der Waals surface area (Å²) in [7, 11) is 0. The Balaban J connectivity index is 1.29. The van der Waals surface area contributed by atoms with E-state index in [1.807, 2.05) is 31.2 Å². The average molecular weight is 506 g/mol. The van der Waals surface area contributed by atoms with Crippen molar-refractivity contribution >= 4 is 11.9 Å². The van der Waals surface area contributed by atoms with Gasteiger partial charge < -0.3 is 14.5 Å². The van der Waals surface area contributed by atoms with Crippen molar-refractivity contribution in [2.24, 2.45) is 5.92 Å². The van der Waals surface area contributed by atoms with Crippen LogP contribution in [0.25, 0.3) is 0 Å². The molecule has 3 heterocycles. The van der Waals surface area contributed by atoms with E-state index >= 15 is 0 Å². The lowest BCUT2D eigenvalue weighted by molar-refractivity contribution is -0.936. The van der Waals surface area contributed by atoms with Gasteiger partial charge in [-0.2, -0.15) is 0 Å². The van der Waals surface area contributed by atoms with Crippen LogP contribution in [-0.4, -0.2) is 48.6 Å². The Morgan fingerprint density at radius 2 is 1.54 bits per heavy atom. The standard InChI is InChI=1S/C30H30F2N2O3/c1-20-8-10-22(11-9-20)28(35)19-34-14-12-21(13-15-34)27(18-34)33-30(36)37-29(23-4-2-6-25(31)16-23)24-5-3-7-26(32)17-24/h2-11,16-17,21,27,29H,12-15,18-19H2,1H3/p+1. The highest BCUT2D eigenvalue weighted by Gasteiger charge is 2.47. The Morgan fingerprint density at radius 1 is 0.946 bits per heavy atom. The third-order valence-electron chi connectivity index (χ3n) is 7.79. The number of fused-ring (bicyclic) bond motifs is 3. The van der Waals surface area contributed by atoms with Crippen LogP contribution in [0.4, 0.5) is 13.6 Å². The van der Waals surface area contributed by atoms with E-state index in [1.165, 1.54) is 36.4 Å². The van der Waals surface area contributed by atoms with E-state index in [9.17, 15) is 18.4 Å². The number of benzene rings is 3. The fourth-order valence-corrected chi connectivity index (χ4v) is 5.77. The Bertz CT molecular complexity index is 1240. The minimum atomic E-state index is -0.959. The summed E-state index contributed by atoms with van der Waals surface area (Å²) in [5, 5.41) is 3.02. The molecular weight excluding hydrogens is 474 g/mol. The Morgan fingerprint density at radius 3 is 2.11 bits per heavy atom. The average Bonchev–Trinajstić information content (AvgIpc) is 2.88. The van der Waals surface area contributed by atoms with Crippen molar-refractivity contribution in [3.63, 3.8) is 0 Å². The minimum Gasteiger partial charge on any atom is -0.436 e. The van der Waals surface area contributed by atoms with Gasteiger partial charge >= 0.3 is 6.09 Å². The van der Waals surface area contributed by atoms with Crippen LogP contribution in [-0.2, 0) is 4.74 Å². The van der Waals surface area contributed by atoms with E-state index in [-0.39, 0.29) is 11.8 Å². The van der Waals surface area contributed by atoms with E-state index in [4.69, 9.17) is 4.74 Å². The second-order valence-electron chi connectivity index (χ2n) is 10.4. The molecule has 3 saturated heterocycles. The molecule has 3 fully saturated rings. The molecule has 5 nitrogen and oxygen atoms in total. The van der Waals surface area contributed by atoms with Gasteiger partial charge in [0.05, 0.1) is 25.7 Å². The fraction of sp³-hybridized carbons (Fsp3) is 0.333. The summed E-state index contributed by atoms with van der Waals surface area (Å²) < 4.78 is 34.4. The second-order valence-corrected chi connectivity index (χ2v) is 10.4. The summed E-state index contributed by atoms with van der Waals surface area (Å²) in [6.45, 7) is 4.86. The number of carbonyl (C=O) groups is 2. The number of halogens is 2. The number of carbonyl (C=O) groups excluding carboxylic acids is 2. The summed E-state index contributed by atoms with van der Waals surface area (Å²) in [5.74, 6) is -0.516. The van der Waals surface area contributed by atoms with Gasteiger partial charge in [0.2, 0.25) is 5.78 Å². The molecule has 3 aliphatic heterocycles. The number of quaternary nitrogens is 1. The van der Waals surface area contributed by atoms with Gasteiger partial charge in [0, 0.05) is 18.4 Å². The number of Topliss-reactive ketones (excluding diaryl/α,β-unsaturated/α-hetero) is 1. The van der Waals surface area contributed by atoms with Crippen LogP contribution in [0.2, 0.25) is 0 Å². The SMILES string of the molecule is Cc1ccc(C(=O)C[N+]23CCC(CC2)C(NC(=O)OC(c2cccc(F)c2)c2cccc(F)c2)C3)cc1. The molecule has 0 saturated carbocycles. The maximum Gasteiger partial charge on any atom is 0.408 e. The molecule has 0 aliphatic carbocycles. The molecule has 1 unspecified atom stereocenters. The molecule has 3 aromatic rings. The van der Waals surface area contributed by atoms with Crippen LogP contribution in [0, 0.1) is 24.5 Å². The fourth-order valence-electron chi connectivity index (χ4n) is 5.77. The van der Waals surface area contributed by atoms with Gasteiger partial charge in [0.1, 0.15) is 18.2 Å². The molecule has 7 heteroatoms. The van der Waals surface area contributed by atoms with Crippen molar-refractivity contribution < 1.29 is 27.6 Å². The molecule has 0 aromatic heterocycles. The number of nitrogens with zero attached hydrogens (tertiary/aromatic N) is 1. The van der Waals surface area contributed by atoms with Crippen LogP contribution in [0.15, 0.2) is 72.8 Å². The third-order valence-corrected chi connectivity index (χ3v) is 7.79. The quantitative estimate of drug-likeness (QED) is 0.337. The molecule has 6 rings (SSSR count). The zero-order valence-corrected chi connectivity index (χ0v) is 20.8. The number of aryl methyl sites for hydroxylation is 1. The number of piperidine rings is 3. The van der Waals surface area contributed by atoms with Gasteiger partial charge in [0.15, 0.2) is 6.10 Å². The molecule has 3 aromatic carbocycles. The first-order chi connectivity index (χ1) is 17.8. The summed E-state index contributed by atoms with van der Waals surface area (Å²) in [4.78, 5) is 26.2. The highest BCUT2D eigenvalue weighted by Crippen LogP contribution is 2.35. The number of hydrogen-bond acceptors (Lipinski definition) is 3. The number of rotatable bonds is 7. The van der Waals surface area contributed by atoms with Gasteiger partial charge in [-0.15, -0.1) is 0 Å². The first-order valence-electron chi connectivity index (χ1n) is 12.7. The van der Waals surface area contributed by atoms with Crippen LogP contribution in [0.3, 0.4) is 0 Å². The van der Waals surface area contributed by atoms with E-state index in [0.29, 0.717) is 40.2 Å². The summed E-state index contributed by atoms with van der Waals surface area (Å²) in [6, 6.07) is 19.1. The number of alkyl carbamates (subject to hydrolysis) is 1. The largest absolute Gasteiger partial charge is 0.436 e. The molecule has 1 N–H and O–H groups in total. The Kier molecular flexibility index (Phi) is 7.07. The van der Waals surface area contributed by atoms with E-state index in [2.05, 4.69) is 5.32 Å². The Hall–Kier alpha value is -3.58. The zero-order chi connectivity index (χ0) is 26.0. The molecule has 0 radical (unpaired) electrons. The monoisotopic (exact) mass is 505 g/mol. The molecule has 192 valence electrons. The third kappa shape index (κ3) is 5.72. The zero-order valence-electron chi connectivity index (χ0n) is 20.8. The summed E-state index contributed by atoms with van der Waals surface area (Å²) in [6.07, 6.45) is 0.242. The minimum absolute atomic E-state index is 0.110.